The lowest BCUT2D eigenvalue weighted by Crippen LogP contribution is -2.22. The third-order valence-electron chi connectivity index (χ3n) is 7.18. The number of ether oxygens (including phenoxy) is 2. The molecule has 0 aliphatic heterocycles. The van der Waals surface area contributed by atoms with E-state index in [9.17, 15) is 14.7 Å². The molecule has 0 fully saturated rings. The number of aromatic hydroxyl groups is 1. The summed E-state index contributed by atoms with van der Waals surface area (Å²) in [7, 11) is 0. The van der Waals surface area contributed by atoms with Crippen LogP contribution in [-0.2, 0) is 12.8 Å². The van der Waals surface area contributed by atoms with E-state index in [2.05, 4.69) is 13.8 Å². The highest BCUT2D eigenvalue weighted by Gasteiger charge is 2.36. The number of hydrogen-bond acceptors (Lipinski definition) is 6. The Morgan fingerprint density at radius 2 is 1.18 bits per heavy atom. The zero-order valence-electron chi connectivity index (χ0n) is 22.8. The van der Waals surface area contributed by atoms with Crippen LogP contribution in [0.2, 0.25) is 0 Å². The van der Waals surface area contributed by atoms with E-state index in [0.29, 0.717) is 17.2 Å². The van der Waals surface area contributed by atoms with Crippen LogP contribution in [0.15, 0.2) is 72.8 Å². The molecule has 6 nitrogen and oxygen atoms in total. The first-order valence-corrected chi connectivity index (χ1v) is 13.8. The molecule has 0 heterocycles. The Morgan fingerprint density at radius 3 is 1.75 bits per heavy atom. The summed E-state index contributed by atoms with van der Waals surface area (Å²) in [5, 5.41) is 11.1. The van der Waals surface area contributed by atoms with Crippen molar-refractivity contribution in [1.29, 1.82) is 0 Å². The minimum absolute atomic E-state index is 0.0181. The lowest BCUT2D eigenvalue weighted by atomic mass is 9.82. The normalized spacial score (nSPS) is 12.2. The smallest absolute Gasteiger partial charge is 0.198 e. The predicted octanol–water partition coefficient (Wildman–Crippen LogP) is 8.02. The monoisotopic (exact) mass is 535 g/mol. The van der Waals surface area contributed by atoms with Crippen molar-refractivity contribution in [3.8, 4) is 28.7 Å². The Balaban J connectivity index is 1.40. The first kappa shape index (κ1) is 27.0. The summed E-state index contributed by atoms with van der Waals surface area (Å²) < 4.78 is 11.9. The molecule has 40 heavy (non-hydrogen) atoms. The van der Waals surface area contributed by atoms with E-state index < -0.39 is 17.3 Å². The number of ketones is 2. The molecular weight excluding hydrogens is 502 g/mol. The van der Waals surface area contributed by atoms with Crippen LogP contribution < -0.4 is 15.2 Å². The quantitative estimate of drug-likeness (QED) is 0.139. The van der Waals surface area contributed by atoms with E-state index in [0.717, 1.165) is 38.5 Å². The van der Waals surface area contributed by atoms with Gasteiger partial charge in [-0.15, -0.1) is 0 Å². The second kappa shape index (κ2) is 11.7. The Hall–Kier alpha value is -4.58. The molecule has 4 aromatic rings. The Labute approximate surface area is 234 Å². The number of rotatable bonds is 10. The van der Waals surface area contributed by atoms with Gasteiger partial charge in [0.1, 0.15) is 17.2 Å². The predicted molar refractivity (Wildman–Crippen MR) is 156 cm³/mol. The topological polar surface area (TPSA) is 98.8 Å². The minimum atomic E-state index is -0.499. The number of fused-ring (bicyclic) bond motifs is 2. The summed E-state index contributed by atoms with van der Waals surface area (Å²) in [6, 6.07) is 21.5. The van der Waals surface area contributed by atoms with Gasteiger partial charge in [0.15, 0.2) is 23.1 Å². The number of nitrogen functional groups attached to an aromatic ring is 1. The Bertz CT molecular complexity index is 1550. The van der Waals surface area contributed by atoms with Gasteiger partial charge in [0, 0.05) is 22.9 Å². The molecule has 0 bridgehead atoms. The molecule has 0 unspecified atom stereocenters. The van der Waals surface area contributed by atoms with Crippen LogP contribution in [0.4, 0.5) is 5.69 Å². The van der Waals surface area contributed by atoms with Crippen molar-refractivity contribution < 1.29 is 24.2 Å². The fourth-order valence-electron chi connectivity index (χ4n) is 4.93. The molecule has 0 amide bonds. The Morgan fingerprint density at radius 1 is 0.650 bits per heavy atom. The first-order valence-electron chi connectivity index (χ1n) is 13.8. The molecular formula is C34H33NO5. The van der Waals surface area contributed by atoms with Gasteiger partial charge in [-0.2, -0.15) is 0 Å². The van der Waals surface area contributed by atoms with Crippen LogP contribution in [0.1, 0.15) is 82.5 Å². The number of carbonyl (C=O) groups excluding carboxylic acids is 2. The molecule has 3 N–H and O–H groups in total. The highest BCUT2D eigenvalue weighted by molar-refractivity contribution is 6.31. The van der Waals surface area contributed by atoms with Gasteiger partial charge >= 0.3 is 0 Å². The van der Waals surface area contributed by atoms with Crippen molar-refractivity contribution in [2.24, 2.45) is 0 Å². The second-order valence-electron chi connectivity index (χ2n) is 10.1. The number of unbranched alkanes of at least 4 members (excludes halogenated alkanes) is 2. The van der Waals surface area contributed by atoms with Crippen LogP contribution in [0.25, 0.3) is 0 Å². The maximum atomic E-state index is 13.5. The number of carbonyl (C=O) groups is 2. The summed E-state index contributed by atoms with van der Waals surface area (Å²) >= 11 is 0. The third-order valence-corrected chi connectivity index (χ3v) is 7.18. The van der Waals surface area contributed by atoms with Crippen molar-refractivity contribution in [3.05, 3.63) is 106 Å². The van der Waals surface area contributed by atoms with Crippen LogP contribution in [0, 0.1) is 0 Å². The van der Waals surface area contributed by atoms with E-state index in [1.807, 2.05) is 48.5 Å². The van der Waals surface area contributed by atoms with E-state index in [1.54, 1.807) is 18.2 Å². The van der Waals surface area contributed by atoms with Crippen LogP contribution in [0.3, 0.4) is 0 Å². The molecule has 0 aromatic heterocycles. The van der Waals surface area contributed by atoms with Gasteiger partial charge in [0.2, 0.25) is 0 Å². The van der Waals surface area contributed by atoms with Crippen molar-refractivity contribution in [3.63, 3.8) is 0 Å². The molecule has 0 atom stereocenters. The van der Waals surface area contributed by atoms with Crippen molar-refractivity contribution in [2.45, 2.75) is 52.4 Å². The molecule has 6 heteroatoms. The number of anilines is 1. The lowest BCUT2D eigenvalue weighted by molar-refractivity contribution is 0.0976. The van der Waals surface area contributed by atoms with E-state index >= 15 is 0 Å². The number of hydrogen-bond donors (Lipinski definition) is 2. The maximum Gasteiger partial charge on any atom is 0.198 e. The van der Waals surface area contributed by atoms with E-state index in [4.69, 9.17) is 15.2 Å². The minimum Gasteiger partial charge on any atom is -0.504 e. The molecule has 0 radical (unpaired) electrons. The van der Waals surface area contributed by atoms with Gasteiger partial charge in [0.25, 0.3) is 0 Å². The molecule has 204 valence electrons. The largest absolute Gasteiger partial charge is 0.504 e. The summed E-state index contributed by atoms with van der Waals surface area (Å²) in [6.45, 7) is 4.31. The molecule has 1 aliphatic rings. The summed E-state index contributed by atoms with van der Waals surface area (Å²) in [4.78, 5) is 27.0. The van der Waals surface area contributed by atoms with E-state index in [-0.39, 0.29) is 33.7 Å². The SMILES string of the molecule is CCCCc1ccc(Oc2ccc3c(c2)C(=O)c2c(N)cc(Oc4ccc(CCCC)cc4)c(O)c2C3=O)cc1. The number of phenolic OH excluding ortho intramolecular Hbond substituents is 1. The number of benzene rings is 4. The van der Waals surface area contributed by atoms with Gasteiger partial charge in [-0.3, -0.25) is 9.59 Å². The first-order chi connectivity index (χ1) is 19.4. The molecule has 0 saturated carbocycles. The average molecular weight is 536 g/mol. The molecule has 0 spiro atoms. The maximum absolute atomic E-state index is 13.5. The average Bonchev–Trinajstić information content (AvgIpc) is 2.97. The van der Waals surface area contributed by atoms with Gasteiger partial charge < -0.3 is 20.3 Å². The van der Waals surface area contributed by atoms with Gasteiger partial charge in [0.05, 0.1) is 11.1 Å². The molecule has 5 rings (SSSR count). The van der Waals surface area contributed by atoms with E-state index in [1.165, 1.54) is 17.2 Å². The zero-order chi connectivity index (χ0) is 28.2. The lowest BCUT2D eigenvalue weighted by Gasteiger charge is -2.22. The van der Waals surface area contributed by atoms with Crippen LogP contribution in [-0.4, -0.2) is 16.7 Å². The van der Waals surface area contributed by atoms with Crippen molar-refractivity contribution in [1.82, 2.24) is 0 Å². The highest BCUT2D eigenvalue weighted by Crippen LogP contribution is 2.44. The van der Waals surface area contributed by atoms with Crippen LogP contribution >= 0.6 is 0 Å². The van der Waals surface area contributed by atoms with Crippen molar-refractivity contribution >= 4 is 17.3 Å². The number of nitrogens with two attached hydrogens (primary N) is 1. The zero-order valence-corrected chi connectivity index (χ0v) is 22.8. The number of aryl methyl sites for hydroxylation is 2. The summed E-state index contributed by atoms with van der Waals surface area (Å²) in [6.07, 6.45) is 6.45. The van der Waals surface area contributed by atoms with Crippen LogP contribution in [0.5, 0.6) is 28.7 Å². The number of phenols is 1. The molecule has 4 aromatic carbocycles. The Kier molecular flexibility index (Phi) is 7.87. The highest BCUT2D eigenvalue weighted by atomic mass is 16.5. The third kappa shape index (κ3) is 5.43. The van der Waals surface area contributed by atoms with Gasteiger partial charge in [-0.25, -0.2) is 0 Å². The fraction of sp³-hybridized carbons (Fsp3) is 0.235. The van der Waals surface area contributed by atoms with Gasteiger partial charge in [-0.1, -0.05) is 51.0 Å². The molecule has 1 aliphatic carbocycles. The fourth-order valence-corrected chi connectivity index (χ4v) is 4.93. The standard InChI is InChI=1S/C34H33NO5/c1-3-5-7-21-9-13-23(14-10-21)39-25-17-18-26-27(19-25)33(37)30-28(35)20-29(34(38)31(30)32(26)36)40-24-15-11-22(12-16-24)8-6-4-2/h9-20,38H,3-8,35H2,1-2H3. The van der Waals surface area contributed by atoms with Crippen molar-refractivity contribution in [2.75, 3.05) is 5.73 Å². The molecule has 0 saturated heterocycles. The summed E-state index contributed by atoms with van der Waals surface area (Å²) in [5.41, 5.74) is 8.92. The van der Waals surface area contributed by atoms with Gasteiger partial charge in [-0.05, 0) is 79.3 Å². The summed E-state index contributed by atoms with van der Waals surface area (Å²) in [5.74, 6) is 0.203. The second-order valence-corrected chi connectivity index (χ2v) is 10.1.